The van der Waals surface area contributed by atoms with Gasteiger partial charge in [0.1, 0.15) is 0 Å². The van der Waals surface area contributed by atoms with Gasteiger partial charge in [-0.3, -0.25) is 0 Å². The minimum Gasteiger partial charge on any atom is -0.480 e. The fourth-order valence-corrected chi connectivity index (χ4v) is 1.77. The highest BCUT2D eigenvalue weighted by Gasteiger charge is 2.06. The number of nitrogens with zero attached hydrogens (tertiary/aromatic N) is 1. The van der Waals surface area contributed by atoms with Crippen LogP contribution in [0.2, 0.25) is 10.0 Å². The minimum atomic E-state index is 0.411. The molecule has 0 saturated carbocycles. The molecule has 2 rings (SSSR count). The van der Waals surface area contributed by atoms with E-state index in [0.717, 1.165) is 11.1 Å². The molecule has 1 heterocycles. The molecule has 0 fully saturated rings. The van der Waals surface area contributed by atoms with Crippen LogP contribution in [-0.2, 0) is 0 Å². The van der Waals surface area contributed by atoms with Crippen molar-refractivity contribution in [3.8, 4) is 17.0 Å². The number of pyridine rings is 1. The number of nitrogen functional groups attached to an aromatic ring is 1. The van der Waals surface area contributed by atoms with Gasteiger partial charge in [-0.15, -0.1) is 0 Å². The molecule has 2 N–H and O–H groups in total. The van der Waals surface area contributed by atoms with E-state index in [1.54, 1.807) is 24.4 Å². The smallest absolute Gasteiger partial charge is 0.236 e. The molecule has 2 aromatic rings. The number of rotatable bonds is 2. The molecule has 0 aliphatic carbocycles. The molecule has 1 aromatic heterocycles. The van der Waals surface area contributed by atoms with E-state index in [4.69, 9.17) is 33.7 Å². The van der Waals surface area contributed by atoms with Gasteiger partial charge in [0.25, 0.3) is 0 Å². The average molecular weight is 269 g/mol. The van der Waals surface area contributed by atoms with Crippen molar-refractivity contribution in [3.05, 3.63) is 40.5 Å². The molecule has 3 nitrogen and oxygen atoms in total. The Morgan fingerprint density at radius 2 is 1.88 bits per heavy atom. The largest absolute Gasteiger partial charge is 0.480 e. The van der Waals surface area contributed by atoms with Crippen molar-refractivity contribution < 1.29 is 4.74 Å². The number of hydrogen-bond donors (Lipinski definition) is 1. The van der Waals surface area contributed by atoms with Crippen LogP contribution in [-0.4, -0.2) is 12.1 Å². The highest BCUT2D eigenvalue weighted by atomic mass is 35.5. The molecule has 17 heavy (non-hydrogen) atoms. The van der Waals surface area contributed by atoms with E-state index in [1.807, 2.05) is 6.07 Å². The van der Waals surface area contributed by atoms with Crippen molar-refractivity contribution in [2.24, 2.45) is 0 Å². The summed E-state index contributed by atoms with van der Waals surface area (Å²) in [5, 5.41) is 1.02. The van der Waals surface area contributed by atoms with Crippen LogP contribution in [0, 0.1) is 0 Å². The molecule has 0 radical (unpaired) electrons. The third-order valence-electron chi connectivity index (χ3n) is 2.33. The number of anilines is 1. The summed E-state index contributed by atoms with van der Waals surface area (Å²) in [4.78, 5) is 4.10. The predicted molar refractivity (Wildman–Crippen MR) is 70.7 cm³/mol. The molecule has 0 aliphatic rings. The molecular formula is C12H10Cl2N2O. The number of nitrogens with two attached hydrogens (primary N) is 1. The van der Waals surface area contributed by atoms with Crippen molar-refractivity contribution >= 4 is 28.9 Å². The standard InChI is InChI=1S/C12H10Cl2N2O/c1-17-12-11(15)5-8(6-16-12)7-2-3-9(13)10(14)4-7/h2-6H,15H2,1H3. The second-order valence-electron chi connectivity index (χ2n) is 3.45. The Balaban J connectivity index is 2.46. The monoisotopic (exact) mass is 268 g/mol. The molecule has 0 unspecified atom stereocenters. The fraction of sp³-hybridized carbons (Fsp3) is 0.0833. The Morgan fingerprint density at radius 3 is 2.47 bits per heavy atom. The lowest BCUT2D eigenvalue weighted by Crippen LogP contribution is -1.95. The van der Waals surface area contributed by atoms with E-state index in [2.05, 4.69) is 4.98 Å². The maximum atomic E-state index is 5.95. The summed E-state index contributed by atoms with van der Waals surface area (Å²) in [6, 6.07) is 7.15. The lowest BCUT2D eigenvalue weighted by atomic mass is 10.1. The van der Waals surface area contributed by atoms with E-state index < -0.39 is 0 Å². The second-order valence-corrected chi connectivity index (χ2v) is 4.27. The zero-order valence-corrected chi connectivity index (χ0v) is 10.6. The van der Waals surface area contributed by atoms with Gasteiger partial charge in [-0.1, -0.05) is 29.3 Å². The Labute approximate surface area is 109 Å². The summed E-state index contributed by atoms with van der Waals surface area (Å²) in [5.74, 6) is 0.411. The Hall–Kier alpha value is -1.45. The SMILES string of the molecule is COc1ncc(-c2ccc(Cl)c(Cl)c2)cc1N. The lowest BCUT2D eigenvalue weighted by molar-refractivity contribution is 0.400. The lowest BCUT2D eigenvalue weighted by Gasteiger charge is -2.07. The first-order valence-electron chi connectivity index (χ1n) is 4.86. The van der Waals surface area contributed by atoms with Gasteiger partial charge in [0, 0.05) is 11.8 Å². The van der Waals surface area contributed by atoms with Crippen molar-refractivity contribution in [1.29, 1.82) is 0 Å². The van der Waals surface area contributed by atoms with E-state index in [1.165, 1.54) is 7.11 Å². The first kappa shape index (κ1) is 12.0. The van der Waals surface area contributed by atoms with Crippen LogP contribution in [0.5, 0.6) is 5.88 Å². The van der Waals surface area contributed by atoms with Crippen molar-refractivity contribution in [2.75, 3.05) is 12.8 Å². The van der Waals surface area contributed by atoms with Crippen LogP contribution >= 0.6 is 23.2 Å². The summed E-state index contributed by atoms with van der Waals surface area (Å²) in [5.41, 5.74) is 8.04. The van der Waals surface area contributed by atoms with E-state index in [-0.39, 0.29) is 0 Å². The molecule has 0 aliphatic heterocycles. The van der Waals surface area contributed by atoms with Gasteiger partial charge in [-0.05, 0) is 23.8 Å². The van der Waals surface area contributed by atoms with Crippen molar-refractivity contribution in [1.82, 2.24) is 4.98 Å². The van der Waals surface area contributed by atoms with Crippen LogP contribution in [0.3, 0.4) is 0 Å². The fourth-order valence-electron chi connectivity index (χ4n) is 1.47. The first-order chi connectivity index (χ1) is 8.11. The molecule has 0 saturated heterocycles. The molecule has 1 aromatic carbocycles. The van der Waals surface area contributed by atoms with Crippen LogP contribution in [0.1, 0.15) is 0 Å². The first-order valence-corrected chi connectivity index (χ1v) is 5.62. The Kier molecular flexibility index (Phi) is 3.41. The van der Waals surface area contributed by atoms with Gasteiger partial charge in [0.15, 0.2) is 0 Å². The zero-order valence-electron chi connectivity index (χ0n) is 9.08. The molecule has 0 amide bonds. The number of ether oxygens (including phenoxy) is 1. The maximum Gasteiger partial charge on any atom is 0.236 e. The second kappa shape index (κ2) is 4.82. The van der Waals surface area contributed by atoms with E-state index >= 15 is 0 Å². The normalized spacial score (nSPS) is 10.3. The highest BCUT2D eigenvalue weighted by Crippen LogP contribution is 2.30. The predicted octanol–water partition coefficient (Wildman–Crippen LogP) is 3.65. The number of methoxy groups -OCH3 is 1. The van der Waals surface area contributed by atoms with E-state index in [0.29, 0.717) is 21.6 Å². The average Bonchev–Trinajstić information content (AvgIpc) is 2.32. The summed E-state index contributed by atoms with van der Waals surface area (Å²) in [6.45, 7) is 0. The van der Waals surface area contributed by atoms with E-state index in [9.17, 15) is 0 Å². The van der Waals surface area contributed by atoms with Gasteiger partial charge in [-0.25, -0.2) is 4.98 Å². The minimum absolute atomic E-state index is 0.411. The molecule has 0 spiro atoms. The summed E-state index contributed by atoms with van der Waals surface area (Å²) in [7, 11) is 1.53. The van der Waals surface area contributed by atoms with Crippen LogP contribution in [0.15, 0.2) is 30.5 Å². The zero-order chi connectivity index (χ0) is 12.4. The third-order valence-corrected chi connectivity index (χ3v) is 3.06. The number of benzene rings is 1. The van der Waals surface area contributed by atoms with Gasteiger partial charge in [-0.2, -0.15) is 0 Å². The summed E-state index contributed by atoms with van der Waals surface area (Å²) in [6.07, 6.45) is 1.68. The summed E-state index contributed by atoms with van der Waals surface area (Å²) >= 11 is 11.8. The molecular weight excluding hydrogens is 259 g/mol. The third kappa shape index (κ3) is 2.46. The number of hydrogen-bond acceptors (Lipinski definition) is 3. The van der Waals surface area contributed by atoms with Gasteiger partial charge < -0.3 is 10.5 Å². The number of halogens is 2. The molecule has 88 valence electrons. The Morgan fingerprint density at radius 1 is 1.12 bits per heavy atom. The van der Waals surface area contributed by atoms with Crippen molar-refractivity contribution in [2.45, 2.75) is 0 Å². The molecule has 0 atom stereocenters. The number of aromatic nitrogens is 1. The van der Waals surface area contributed by atoms with Gasteiger partial charge >= 0.3 is 0 Å². The molecule has 5 heteroatoms. The molecule has 0 bridgehead atoms. The van der Waals surface area contributed by atoms with Gasteiger partial charge in [0.05, 0.1) is 22.8 Å². The van der Waals surface area contributed by atoms with Crippen LogP contribution in [0.4, 0.5) is 5.69 Å². The highest BCUT2D eigenvalue weighted by molar-refractivity contribution is 6.42. The van der Waals surface area contributed by atoms with Crippen molar-refractivity contribution in [3.63, 3.8) is 0 Å². The quantitative estimate of drug-likeness (QED) is 0.905. The summed E-state index contributed by atoms with van der Waals surface area (Å²) < 4.78 is 5.00. The van der Waals surface area contributed by atoms with Gasteiger partial charge in [0.2, 0.25) is 5.88 Å². The Bertz CT molecular complexity index is 558. The maximum absolute atomic E-state index is 5.95. The topological polar surface area (TPSA) is 48.1 Å². The van der Waals surface area contributed by atoms with Crippen LogP contribution < -0.4 is 10.5 Å². The van der Waals surface area contributed by atoms with Crippen LogP contribution in [0.25, 0.3) is 11.1 Å².